The first-order valence-electron chi connectivity index (χ1n) is 33.3. The van der Waals surface area contributed by atoms with Crippen LogP contribution in [0.5, 0.6) is 0 Å². The minimum atomic E-state index is -0.784. The highest BCUT2D eigenvalue weighted by Crippen LogP contribution is 2.17. The van der Waals surface area contributed by atoms with E-state index in [0.29, 0.717) is 19.3 Å². The zero-order valence-electron chi connectivity index (χ0n) is 50.8. The van der Waals surface area contributed by atoms with Gasteiger partial charge in [-0.25, -0.2) is 0 Å². The number of carbonyl (C=O) groups is 3. The number of carbonyl (C=O) groups excluding carboxylic acids is 3. The average Bonchev–Trinajstić information content (AvgIpc) is 3.42. The molecule has 0 amide bonds. The van der Waals surface area contributed by atoms with Gasteiger partial charge in [0.25, 0.3) is 0 Å². The third-order valence-corrected chi connectivity index (χ3v) is 14.7. The van der Waals surface area contributed by atoms with Crippen molar-refractivity contribution < 1.29 is 28.6 Å². The summed E-state index contributed by atoms with van der Waals surface area (Å²) in [5.41, 5.74) is 0. The van der Waals surface area contributed by atoms with Gasteiger partial charge in [-0.2, -0.15) is 0 Å². The fourth-order valence-corrected chi connectivity index (χ4v) is 9.68. The second-order valence-electron chi connectivity index (χ2n) is 22.4. The lowest BCUT2D eigenvalue weighted by Crippen LogP contribution is -2.30. The second-order valence-corrected chi connectivity index (χ2v) is 22.4. The largest absolute Gasteiger partial charge is 0.462 e. The summed E-state index contributed by atoms with van der Waals surface area (Å²) >= 11 is 0. The number of allylic oxidation sites excluding steroid dienone is 10. The average molecular weight is 1060 g/mol. The second kappa shape index (κ2) is 64.6. The quantitative estimate of drug-likeness (QED) is 0.0261. The standard InChI is InChI=1S/C70H126O6/c1-4-7-10-13-16-19-22-25-27-29-30-31-32-33-34-35-36-37-38-39-40-41-43-45-48-51-54-57-60-63-69(72)75-66-67(65-74-68(71)62-59-56-53-50-47-44-24-21-18-15-12-9-6-3)76-70(73)64-61-58-55-52-49-46-42-28-26-23-20-17-14-11-8-5-2/h12,15,21-22,24-25,28-30,42,67H,4-11,13-14,16-20,23,26-27,31-41,43-66H2,1-3H3/b15-12-,24-21-,25-22-,30-29-,42-28-. The maximum Gasteiger partial charge on any atom is 0.306 e. The zero-order valence-corrected chi connectivity index (χ0v) is 50.8. The molecule has 1 atom stereocenters. The van der Waals surface area contributed by atoms with Gasteiger partial charge in [0.2, 0.25) is 0 Å². The van der Waals surface area contributed by atoms with Crippen LogP contribution in [0.2, 0.25) is 0 Å². The normalized spacial score (nSPS) is 12.4. The third-order valence-electron chi connectivity index (χ3n) is 14.7. The fourth-order valence-electron chi connectivity index (χ4n) is 9.68. The maximum absolute atomic E-state index is 12.9. The SMILES string of the molecule is CCC/C=C\C/C=C\CCCCCCCC(=O)OCC(COC(=O)CCCCCCCCCCCCCCCCCCC/C=C\C/C=C\CCCCCCC)OC(=O)CCCCCCC/C=C\CCCCCCCCC. The van der Waals surface area contributed by atoms with E-state index in [1.807, 2.05) is 0 Å². The summed E-state index contributed by atoms with van der Waals surface area (Å²) in [5, 5.41) is 0. The van der Waals surface area contributed by atoms with Gasteiger partial charge in [0, 0.05) is 19.3 Å². The Morgan fingerprint density at radius 3 is 0.789 bits per heavy atom. The van der Waals surface area contributed by atoms with E-state index in [9.17, 15) is 14.4 Å². The summed E-state index contributed by atoms with van der Waals surface area (Å²) in [6, 6.07) is 0. The molecule has 0 aliphatic rings. The van der Waals surface area contributed by atoms with Gasteiger partial charge >= 0.3 is 17.9 Å². The number of rotatable bonds is 61. The molecule has 0 rings (SSSR count). The van der Waals surface area contributed by atoms with Crippen LogP contribution in [-0.4, -0.2) is 37.2 Å². The van der Waals surface area contributed by atoms with Crippen LogP contribution in [0.25, 0.3) is 0 Å². The molecule has 0 aromatic rings. The molecule has 0 N–H and O–H groups in total. The Morgan fingerprint density at radius 1 is 0.263 bits per heavy atom. The Morgan fingerprint density at radius 2 is 0.500 bits per heavy atom. The van der Waals surface area contributed by atoms with Crippen molar-refractivity contribution in [2.45, 2.75) is 354 Å². The highest BCUT2D eigenvalue weighted by atomic mass is 16.6. The summed E-state index contributed by atoms with van der Waals surface area (Å²) in [4.78, 5) is 38.3. The van der Waals surface area contributed by atoms with E-state index < -0.39 is 6.10 Å². The van der Waals surface area contributed by atoms with Crippen molar-refractivity contribution in [1.29, 1.82) is 0 Å². The molecule has 6 nitrogen and oxygen atoms in total. The van der Waals surface area contributed by atoms with Crippen molar-refractivity contribution in [3.63, 3.8) is 0 Å². The summed E-state index contributed by atoms with van der Waals surface area (Å²) in [6.07, 6.45) is 82.4. The summed E-state index contributed by atoms with van der Waals surface area (Å²) in [7, 11) is 0. The Bertz CT molecular complexity index is 1360. The van der Waals surface area contributed by atoms with Crippen LogP contribution in [0.4, 0.5) is 0 Å². The molecule has 6 heteroatoms. The third kappa shape index (κ3) is 62.0. The molecule has 76 heavy (non-hydrogen) atoms. The molecule has 0 aromatic heterocycles. The Labute approximate surface area is 472 Å². The highest BCUT2D eigenvalue weighted by Gasteiger charge is 2.19. The van der Waals surface area contributed by atoms with Crippen molar-refractivity contribution in [2.75, 3.05) is 13.2 Å². The molecule has 0 aliphatic heterocycles. The first-order chi connectivity index (χ1) is 37.5. The predicted molar refractivity (Wildman–Crippen MR) is 330 cm³/mol. The highest BCUT2D eigenvalue weighted by molar-refractivity contribution is 5.71. The van der Waals surface area contributed by atoms with E-state index in [0.717, 1.165) is 103 Å². The summed E-state index contributed by atoms with van der Waals surface area (Å²) in [5.74, 6) is -0.885. The molecule has 0 saturated heterocycles. The number of hydrogen-bond donors (Lipinski definition) is 0. The monoisotopic (exact) mass is 1060 g/mol. The molecule has 1 unspecified atom stereocenters. The van der Waals surface area contributed by atoms with Gasteiger partial charge in [0.1, 0.15) is 13.2 Å². The fraction of sp³-hybridized carbons (Fsp3) is 0.814. The van der Waals surface area contributed by atoms with Gasteiger partial charge in [-0.1, -0.05) is 287 Å². The van der Waals surface area contributed by atoms with E-state index in [4.69, 9.17) is 14.2 Å². The molecule has 0 heterocycles. The lowest BCUT2D eigenvalue weighted by atomic mass is 10.0. The lowest BCUT2D eigenvalue weighted by molar-refractivity contribution is -0.167. The Balaban J connectivity index is 4.20. The van der Waals surface area contributed by atoms with Gasteiger partial charge in [-0.05, 0) is 103 Å². The zero-order chi connectivity index (χ0) is 55.0. The maximum atomic E-state index is 12.9. The molecule has 0 bridgehead atoms. The number of esters is 3. The molecule has 0 aliphatic carbocycles. The minimum Gasteiger partial charge on any atom is -0.462 e. The van der Waals surface area contributed by atoms with Crippen LogP contribution < -0.4 is 0 Å². The van der Waals surface area contributed by atoms with E-state index in [1.54, 1.807) is 0 Å². The predicted octanol–water partition coefficient (Wildman–Crippen LogP) is 22.7. The first-order valence-corrected chi connectivity index (χ1v) is 33.3. The number of hydrogen-bond acceptors (Lipinski definition) is 6. The van der Waals surface area contributed by atoms with Crippen LogP contribution in [0, 0.1) is 0 Å². The van der Waals surface area contributed by atoms with Gasteiger partial charge < -0.3 is 14.2 Å². The Hall–Kier alpha value is -2.89. The molecular formula is C70H126O6. The van der Waals surface area contributed by atoms with Crippen molar-refractivity contribution in [3.05, 3.63) is 60.8 Å². The Kier molecular flexibility index (Phi) is 62.2. The van der Waals surface area contributed by atoms with Crippen molar-refractivity contribution in [3.8, 4) is 0 Å². The summed E-state index contributed by atoms with van der Waals surface area (Å²) in [6.45, 7) is 6.59. The molecule has 0 fully saturated rings. The van der Waals surface area contributed by atoms with Gasteiger partial charge in [0.05, 0.1) is 0 Å². The molecule has 0 spiro atoms. The van der Waals surface area contributed by atoms with E-state index >= 15 is 0 Å². The van der Waals surface area contributed by atoms with Crippen LogP contribution in [0.1, 0.15) is 348 Å². The van der Waals surface area contributed by atoms with Crippen LogP contribution in [0.15, 0.2) is 60.8 Å². The molecule has 0 radical (unpaired) electrons. The first kappa shape index (κ1) is 73.1. The van der Waals surface area contributed by atoms with Crippen molar-refractivity contribution in [1.82, 2.24) is 0 Å². The number of unbranched alkanes of at least 4 members (excludes halogenated alkanes) is 40. The smallest absolute Gasteiger partial charge is 0.306 e. The van der Waals surface area contributed by atoms with Crippen LogP contribution in [-0.2, 0) is 28.6 Å². The van der Waals surface area contributed by atoms with Crippen LogP contribution in [0.3, 0.4) is 0 Å². The van der Waals surface area contributed by atoms with Gasteiger partial charge in [0.15, 0.2) is 6.10 Å². The van der Waals surface area contributed by atoms with E-state index in [1.165, 1.54) is 205 Å². The van der Waals surface area contributed by atoms with Crippen LogP contribution >= 0.6 is 0 Å². The van der Waals surface area contributed by atoms with Gasteiger partial charge in [-0.3, -0.25) is 14.4 Å². The lowest BCUT2D eigenvalue weighted by Gasteiger charge is -2.18. The van der Waals surface area contributed by atoms with E-state index in [2.05, 4.69) is 81.5 Å². The van der Waals surface area contributed by atoms with E-state index in [-0.39, 0.29) is 31.1 Å². The molecule has 442 valence electrons. The molecule has 0 saturated carbocycles. The van der Waals surface area contributed by atoms with Gasteiger partial charge in [-0.15, -0.1) is 0 Å². The van der Waals surface area contributed by atoms with Crippen molar-refractivity contribution >= 4 is 17.9 Å². The topological polar surface area (TPSA) is 78.9 Å². The number of ether oxygens (including phenoxy) is 3. The summed E-state index contributed by atoms with van der Waals surface area (Å²) < 4.78 is 16.9. The van der Waals surface area contributed by atoms with Crippen molar-refractivity contribution in [2.24, 2.45) is 0 Å². The minimum absolute atomic E-state index is 0.0793. The molecule has 0 aromatic carbocycles. The molecular weight excluding hydrogens is 937 g/mol.